The molecule has 1 amide bonds. The Labute approximate surface area is 127 Å². The number of piperidine rings is 1. The molecule has 0 unspecified atom stereocenters. The zero-order valence-corrected chi connectivity index (χ0v) is 13.8. The Morgan fingerprint density at radius 2 is 2.00 bits per heavy atom. The first kappa shape index (κ1) is 14.9. The highest BCUT2D eigenvalue weighted by Gasteiger charge is 2.72. The van der Waals surface area contributed by atoms with E-state index in [-0.39, 0.29) is 16.2 Å². The van der Waals surface area contributed by atoms with E-state index in [0.29, 0.717) is 18.4 Å². The Morgan fingerprint density at radius 1 is 1.29 bits per heavy atom. The van der Waals surface area contributed by atoms with Crippen molar-refractivity contribution >= 4 is 11.6 Å². The number of likely N-dealkylation sites (tertiary alicyclic amines) is 1. The Kier molecular flexibility index (Phi) is 3.16. The number of fused-ring (bicyclic) bond motifs is 2. The summed E-state index contributed by atoms with van der Waals surface area (Å²) in [4.78, 5) is 15.5. The number of amides is 1. The highest BCUT2D eigenvalue weighted by atomic mass is 16.4. The highest BCUT2D eigenvalue weighted by Crippen LogP contribution is 2.71. The summed E-state index contributed by atoms with van der Waals surface area (Å²) in [6.45, 7) is 9.63. The number of hydrogen-bond acceptors (Lipinski definition) is 3. The summed E-state index contributed by atoms with van der Waals surface area (Å²) >= 11 is 0. The van der Waals surface area contributed by atoms with Crippen LogP contribution in [0.5, 0.6) is 0 Å². The number of nitrogens with zero attached hydrogens (tertiary/aromatic N) is 2. The molecule has 3 fully saturated rings. The van der Waals surface area contributed by atoms with Gasteiger partial charge in [-0.15, -0.1) is 0 Å². The fraction of sp³-hybridized carbons (Fsp3) is 0.882. The van der Waals surface area contributed by atoms with Gasteiger partial charge in [0.05, 0.1) is 11.1 Å². The summed E-state index contributed by atoms with van der Waals surface area (Å²) in [5, 5.41) is 13.0. The van der Waals surface area contributed by atoms with Gasteiger partial charge in [-0.25, -0.2) is 0 Å². The molecule has 3 rings (SSSR count). The van der Waals surface area contributed by atoms with Crippen LogP contribution in [0.15, 0.2) is 5.16 Å². The quantitative estimate of drug-likeness (QED) is 0.594. The number of carbonyl (C=O) groups excluding carboxylic acids is 1. The van der Waals surface area contributed by atoms with E-state index in [0.717, 1.165) is 37.9 Å². The number of hydrogen-bond donors (Lipinski definition) is 1. The summed E-state index contributed by atoms with van der Waals surface area (Å²) in [6.07, 6.45) is 5.97. The van der Waals surface area contributed by atoms with Crippen LogP contribution < -0.4 is 0 Å². The van der Waals surface area contributed by atoms with Crippen molar-refractivity contribution in [3.05, 3.63) is 0 Å². The van der Waals surface area contributed by atoms with Gasteiger partial charge in [0.25, 0.3) is 0 Å². The van der Waals surface area contributed by atoms with Crippen molar-refractivity contribution in [3.63, 3.8) is 0 Å². The molecular weight excluding hydrogens is 264 g/mol. The van der Waals surface area contributed by atoms with Crippen LogP contribution in [-0.4, -0.2) is 34.3 Å². The molecule has 21 heavy (non-hydrogen) atoms. The zero-order chi connectivity index (χ0) is 15.5. The van der Waals surface area contributed by atoms with Crippen LogP contribution in [0.2, 0.25) is 0 Å². The van der Waals surface area contributed by atoms with E-state index in [1.807, 2.05) is 0 Å². The fourth-order valence-corrected chi connectivity index (χ4v) is 5.18. The van der Waals surface area contributed by atoms with E-state index in [9.17, 15) is 10.0 Å². The minimum Gasteiger partial charge on any atom is -0.411 e. The number of rotatable bonds is 1. The van der Waals surface area contributed by atoms with Gasteiger partial charge >= 0.3 is 0 Å². The zero-order valence-electron chi connectivity index (χ0n) is 13.8. The lowest BCUT2D eigenvalue weighted by molar-refractivity contribution is -0.151. The molecule has 2 aliphatic carbocycles. The average Bonchev–Trinajstić information content (AvgIpc) is 2.76. The average molecular weight is 292 g/mol. The van der Waals surface area contributed by atoms with Gasteiger partial charge in [-0.3, -0.25) is 4.79 Å². The third kappa shape index (κ3) is 1.62. The molecule has 0 radical (unpaired) electrons. The molecule has 3 aliphatic rings. The monoisotopic (exact) mass is 292 g/mol. The lowest BCUT2D eigenvalue weighted by Crippen LogP contribution is -2.52. The molecule has 0 aromatic heterocycles. The van der Waals surface area contributed by atoms with Crippen molar-refractivity contribution < 1.29 is 10.0 Å². The Bertz CT molecular complexity index is 499. The maximum absolute atomic E-state index is 13.4. The third-order valence-corrected chi connectivity index (χ3v) is 7.33. The summed E-state index contributed by atoms with van der Waals surface area (Å²) < 4.78 is 0. The Hall–Kier alpha value is -1.06. The first-order valence-electron chi connectivity index (χ1n) is 8.33. The predicted molar refractivity (Wildman–Crippen MR) is 82.4 cm³/mol. The molecule has 4 nitrogen and oxygen atoms in total. The first-order valence-corrected chi connectivity index (χ1v) is 8.33. The summed E-state index contributed by atoms with van der Waals surface area (Å²) in [6, 6.07) is 0.346. The van der Waals surface area contributed by atoms with Crippen LogP contribution in [0, 0.1) is 16.2 Å². The second-order valence-corrected chi connectivity index (χ2v) is 8.11. The van der Waals surface area contributed by atoms with Crippen molar-refractivity contribution in [2.24, 2.45) is 21.4 Å². The molecule has 0 aromatic rings. The van der Waals surface area contributed by atoms with Crippen molar-refractivity contribution in [1.82, 2.24) is 4.90 Å². The second kappa shape index (κ2) is 4.47. The maximum Gasteiger partial charge on any atom is 0.229 e. The van der Waals surface area contributed by atoms with E-state index < -0.39 is 0 Å². The molecule has 1 N–H and O–H groups in total. The molecule has 1 heterocycles. The van der Waals surface area contributed by atoms with Crippen molar-refractivity contribution in [1.29, 1.82) is 0 Å². The molecule has 1 aliphatic heterocycles. The van der Waals surface area contributed by atoms with Gasteiger partial charge in [0.1, 0.15) is 0 Å². The first-order chi connectivity index (χ1) is 9.80. The van der Waals surface area contributed by atoms with E-state index >= 15 is 0 Å². The smallest absolute Gasteiger partial charge is 0.229 e. The maximum atomic E-state index is 13.4. The van der Waals surface area contributed by atoms with Crippen LogP contribution in [0.1, 0.15) is 66.2 Å². The standard InChI is InChI=1S/C17H28N2O2/c1-12-7-5-6-10-19(12)14(20)17-9-8-16(4,15(17,2)3)13(11-17)18-21/h12,21H,5-11H2,1-4H3/b18-13-/t12-,16+,17+/m0/s1. The van der Waals surface area contributed by atoms with E-state index in [1.54, 1.807) is 0 Å². The van der Waals surface area contributed by atoms with Crippen molar-refractivity contribution in [2.75, 3.05) is 6.54 Å². The van der Waals surface area contributed by atoms with Gasteiger partial charge in [0, 0.05) is 24.4 Å². The molecule has 2 bridgehead atoms. The van der Waals surface area contributed by atoms with Gasteiger partial charge in [-0.05, 0) is 44.4 Å². The van der Waals surface area contributed by atoms with Crippen LogP contribution >= 0.6 is 0 Å². The van der Waals surface area contributed by atoms with Crippen LogP contribution in [-0.2, 0) is 4.79 Å². The SMILES string of the molecule is C[C@H]1CCCCN1C(=O)[C@@]12CC[C@](C)(/C(=N\O)C1)C2(C)C. The van der Waals surface area contributed by atoms with Gasteiger partial charge in [-0.2, -0.15) is 0 Å². The van der Waals surface area contributed by atoms with Gasteiger partial charge in [-0.1, -0.05) is 25.9 Å². The van der Waals surface area contributed by atoms with Gasteiger partial charge in [0.2, 0.25) is 5.91 Å². The van der Waals surface area contributed by atoms with E-state index in [2.05, 4.69) is 37.8 Å². The van der Waals surface area contributed by atoms with E-state index in [1.165, 1.54) is 6.42 Å². The van der Waals surface area contributed by atoms with Crippen LogP contribution in [0.4, 0.5) is 0 Å². The normalized spacial score (nSPS) is 43.5. The van der Waals surface area contributed by atoms with Crippen LogP contribution in [0.25, 0.3) is 0 Å². The lowest BCUT2D eigenvalue weighted by Gasteiger charge is -2.44. The van der Waals surface area contributed by atoms with Crippen LogP contribution in [0.3, 0.4) is 0 Å². The van der Waals surface area contributed by atoms with E-state index in [4.69, 9.17) is 0 Å². The van der Waals surface area contributed by atoms with Crippen molar-refractivity contribution in [2.45, 2.75) is 72.3 Å². The van der Waals surface area contributed by atoms with Crippen molar-refractivity contribution in [3.8, 4) is 0 Å². The Morgan fingerprint density at radius 3 is 2.57 bits per heavy atom. The van der Waals surface area contributed by atoms with Gasteiger partial charge < -0.3 is 10.1 Å². The lowest BCUT2D eigenvalue weighted by atomic mass is 9.64. The number of carbonyl (C=O) groups is 1. The Balaban J connectivity index is 1.99. The minimum atomic E-state index is -0.366. The highest BCUT2D eigenvalue weighted by molar-refractivity contribution is 6.02. The molecule has 4 heteroatoms. The summed E-state index contributed by atoms with van der Waals surface area (Å²) in [5.41, 5.74) is 0.179. The molecule has 118 valence electrons. The summed E-state index contributed by atoms with van der Waals surface area (Å²) in [7, 11) is 0. The molecule has 0 aromatic carbocycles. The molecule has 3 atom stereocenters. The largest absolute Gasteiger partial charge is 0.411 e. The molecule has 0 spiro atoms. The molecular formula is C17H28N2O2. The fourth-order valence-electron chi connectivity index (χ4n) is 5.18. The second-order valence-electron chi connectivity index (χ2n) is 8.11. The molecule has 2 saturated carbocycles. The molecule has 1 saturated heterocycles. The summed E-state index contributed by atoms with van der Waals surface area (Å²) in [5.74, 6) is 0.307. The number of oxime groups is 1. The minimum absolute atomic E-state index is 0.142. The predicted octanol–water partition coefficient (Wildman–Crippen LogP) is 3.43. The third-order valence-electron chi connectivity index (χ3n) is 7.33. The van der Waals surface area contributed by atoms with Gasteiger partial charge in [0.15, 0.2) is 0 Å². The topological polar surface area (TPSA) is 52.9 Å².